The number of ether oxygens (including phenoxy) is 5. The number of hydrogen-bond acceptors (Lipinski definition) is 13. The number of hydrogen-bond donors (Lipinski definition) is 1. The van der Waals surface area contributed by atoms with Gasteiger partial charge in [-0.25, -0.2) is 4.79 Å². The molecule has 13 nitrogen and oxygen atoms in total. The lowest BCUT2D eigenvalue weighted by molar-refractivity contribution is -0.188. The van der Waals surface area contributed by atoms with E-state index in [9.17, 15) is 38.7 Å². The highest BCUT2D eigenvalue weighted by molar-refractivity contribution is 5.96. The predicted molar refractivity (Wildman–Crippen MR) is 160 cm³/mol. The van der Waals surface area contributed by atoms with E-state index < -0.39 is 101 Å². The van der Waals surface area contributed by atoms with Crippen LogP contribution in [0, 0.1) is 17.3 Å². The van der Waals surface area contributed by atoms with Gasteiger partial charge < -0.3 is 28.8 Å². The predicted octanol–water partition coefficient (Wildman–Crippen LogP) is 2.66. The van der Waals surface area contributed by atoms with Gasteiger partial charge in [0.15, 0.2) is 23.3 Å². The van der Waals surface area contributed by atoms with Gasteiger partial charge in [0.25, 0.3) is 0 Å². The lowest BCUT2D eigenvalue weighted by Gasteiger charge is -2.42. The van der Waals surface area contributed by atoms with Crippen molar-refractivity contribution in [2.75, 3.05) is 0 Å². The lowest BCUT2D eigenvalue weighted by atomic mass is 9.72. The quantitative estimate of drug-likeness (QED) is 0.192. The van der Waals surface area contributed by atoms with Crippen LogP contribution < -0.4 is 0 Å². The van der Waals surface area contributed by atoms with Crippen LogP contribution in [0.25, 0.3) is 0 Å². The highest BCUT2D eigenvalue weighted by Gasteiger charge is 2.70. The van der Waals surface area contributed by atoms with Gasteiger partial charge in [-0.05, 0) is 34.6 Å². The van der Waals surface area contributed by atoms with E-state index in [4.69, 9.17) is 23.7 Å². The maximum Gasteiger partial charge on any atom is 0.334 e. The van der Waals surface area contributed by atoms with Crippen molar-refractivity contribution in [1.82, 2.24) is 0 Å². The largest absolute Gasteiger partial charge is 0.459 e. The number of fused-ring (bicyclic) bond motifs is 1. The number of carbonyl (C=O) groups excluding carboxylic acids is 7. The van der Waals surface area contributed by atoms with Gasteiger partial charge in [-0.3, -0.25) is 28.8 Å². The van der Waals surface area contributed by atoms with Gasteiger partial charge >= 0.3 is 29.8 Å². The van der Waals surface area contributed by atoms with Crippen molar-refractivity contribution in [3.05, 3.63) is 36.0 Å². The van der Waals surface area contributed by atoms with Crippen LogP contribution >= 0.6 is 0 Å². The molecule has 0 aromatic heterocycles. The first-order valence-corrected chi connectivity index (χ1v) is 14.8. The van der Waals surface area contributed by atoms with Gasteiger partial charge in [0, 0.05) is 56.6 Å². The number of carbonyl (C=O) groups is 7. The molecule has 46 heavy (non-hydrogen) atoms. The Kier molecular flexibility index (Phi) is 11.7. The summed E-state index contributed by atoms with van der Waals surface area (Å²) in [4.78, 5) is 91.9. The van der Waals surface area contributed by atoms with E-state index in [1.807, 2.05) is 0 Å². The number of esters is 5. The van der Waals surface area contributed by atoms with Crippen LogP contribution in [0.5, 0.6) is 0 Å². The molecule has 0 aliphatic heterocycles. The zero-order chi connectivity index (χ0) is 35.5. The average Bonchev–Trinajstić information content (AvgIpc) is 3.14. The van der Waals surface area contributed by atoms with E-state index in [1.165, 1.54) is 52.8 Å². The molecule has 0 bridgehead atoms. The lowest BCUT2D eigenvalue weighted by Crippen LogP contribution is -2.58. The van der Waals surface area contributed by atoms with Crippen molar-refractivity contribution in [3.8, 4) is 0 Å². The Morgan fingerprint density at radius 1 is 0.826 bits per heavy atom. The van der Waals surface area contributed by atoms with Crippen LogP contribution in [-0.4, -0.2) is 82.1 Å². The van der Waals surface area contributed by atoms with Gasteiger partial charge in [-0.15, -0.1) is 0 Å². The molecule has 2 rings (SSSR count). The van der Waals surface area contributed by atoms with Gasteiger partial charge in [0.05, 0.1) is 5.92 Å². The van der Waals surface area contributed by atoms with Crippen molar-refractivity contribution in [1.29, 1.82) is 0 Å². The smallest absolute Gasteiger partial charge is 0.334 e. The van der Waals surface area contributed by atoms with E-state index in [2.05, 4.69) is 6.58 Å². The van der Waals surface area contributed by atoms with Crippen LogP contribution in [-0.2, 0) is 57.2 Å². The second kappa shape index (κ2) is 14.1. The molecule has 0 heterocycles. The van der Waals surface area contributed by atoms with E-state index in [1.54, 1.807) is 6.92 Å². The summed E-state index contributed by atoms with van der Waals surface area (Å²) in [5, 5.41) is 11.7. The molecule has 0 aromatic rings. The second-order valence-corrected chi connectivity index (χ2v) is 12.6. The fourth-order valence-corrected chi connectivity index (χ4v) is 5.94. The molecule has 254 valence electrons. The summed E-state index contributed by atoms with van der Waals surface area (Å²) in [6.07, 6.45) is -3.65. The van der Waals surface area contributed by atoms with Crippen molar-refractivity contribution < 1.29 is 62.4 Å². The molecule has 1 unspecified atom stereocenters. The Bertz CT molecular complexity index is 1370. The first-order chi connectivity index (χ1) is 21.0. The monoisotopic (exact) mass is 648 g/mol. The third-order valence-electron chi connectivity index (χ3n) is 8.15. The van der Waals surface area contributed by atoms with Crippen molar-refractivity contribution in [2.24, 2.45) is 17.3 Å². The molecule has 13 heteroatoms. The summed E-state index contributed by atoms with van der Waals surface area (Å²) in [5.41, 5.74) is -6.14. The molecule has 1 saturated carbocycles. The molecular formula is C33H44O13. The number of rotatable bonds is 6. The van der Waals surface area contributed by atoms with Gasteiger partial charge in [-0.2, -0.15) is 0 Å². The maximum absolute atomic E-state index is 14.4. The minimum absolute atomic E-state index is 0.0935. The fourth-order valence-electron chi connectivity index (χ4n) is 5.94. The molecule has 1 fully saturated rings. The Hall–Kier alpha value is -4.13. The van der Waals surface area contributed by atoms with Crippen LogP contribution in [0.3, 0.4) is 0 Å². The molecule has 0 aromatic carbocycles. The fraction of sp³-hybridized carbons (Fsp3) is 0.606. The summed E-state index contributed by atoms with van der Waals surface area (Å²) in [5.74, 6) is -9.02. The zero-order valence-corrected chi connectivity index (χ0v) is 28.0. The standard InChI is InChI=1S/C33H44O13/c1-12-16(2)30(40)45-25-18(4)24(42-19(5)34)23-29(44-21(7)36)32(11,41)15-33(23,46-22(8)37)27(38)17(3)13-14-31(9,10)28(39)26(25)43-20(6)35/h12-14,17,23-26,29,41H,4,15H2,1-3,5-11H3/b14-13+,16-12+/t17-,23?,24+,25+,26-,29-,32-,33-/m1/s1. The van der Waals surface area contributed by atoms with Crippen molar-refractivity contribution in [3.63, 3.8) is 0 Å². The molecule has 0 saturated heterocycles. The van der Waals surface area contributed by atoms with E-state index in [0.29, 0.717) is 0 Å². The van der Waals surface area contributed by atoms with Crippen LogP contribution in [0.15, 0.2) is 36.0 Å². The summed E-state index contributed by atoms with van der Waals surface area (Å²) in [6, 6.07) is 0. The first kappa shape index (κ1) is 38.1. The number of aliphatic hydroxyl groups is 1. The van der Waals surface area contributed by atoms with Gasteiger partial charge in [0.1, 0.15) is 17.8 Å². The second-order valence-electron chi connectivity index (χ2n) is 12.6. The number of Topliss-reactive ketones (excluding diaryl/α,β-unsaturated/α-hetero) is 2. The average molecular weight is 649 g/mol. The van der Waals surface area contributed by atoms with Gasteiger partial charge in [0.2, 0.25) is 6.10 Å². The third-order valence-corrected chi connectivity index (χ3v) is 8.15. The molecule has 1 N–H and O–H groups in total. The minimum Gasteiger partial charge on any atom is -0.459 e. The molecule has 2 aliphatic carbocycles. The molecule has 0 spiro atoms. The zero-order valence-electron chi connectivity index (χ0n) is 28.0. The summed E-state index contributed by atoms with van der Waals surface area (Å²) in [6.45, 7) is 16.8. The summed E-state index contributed by atoms with van der Waals surface area (Å²) in [7, 11) is 0. The minimum atomic E-state index is -2.32. The Balaban J connectivity index is 3.17. The number of ketones is 2. The van der Waals surface area contributed by atoms with Gasteiger partial charge in [-0.1, -0.05) is 31.7 Å². The Labute approximate surface area is 268 Å². The summed E-state index contributed by atoms with van der Waals surface area (Å²) >= 11 is 0. The highest BCUT2D eigenvalue weighted by atomic mass is 16.6. The maximum atomic E-state index is 14.4. The van der Waals surface area contributed by atoms with Crippen LogP contribution in [0.2, 0.25) is 0 Å². The molecular weight excluding hydrogens is 604 g/mol. The van der Waals surface area contributed by atoms with E-state index in [-0.39, 0.29) is 11.1 Å². The normalized spacial score (nSPS) is 33.8. The number of allylic oxidation sites excluding steroid dienone is 3. The van der Waals surface area contributed by atoms with E-state index >= 15 is 0 Å². The topological polar surface area (TPSA) is 186 Å². The Morgan fingerprint density at radius 3 is 1.83 bits per heavy atom. The van der Waals surface area contributed by atoms with Crippen LogP contribution in [0.1, 0.15) is 75.7 Å². The molecule has 2 aliphatic rings. The molecule has 8 atom stereocenters. The summed E-state index contributed by atoms with van der Waals surface area (Å²) < 4.78 is 28.2. The third kappa shape index (κ3) is 7.98. The molecule has 0 amide bonds. The highest BCUT2D eigenvalue weighted by Crippen LogP contribution is 2.52. The van der Waals surface area contributed by atoms with Crippen LogP contribution in [0.4, 0.5) is 0 Å². The SMILES string of the molecule is C=C1[C@H](OC(C)=O)C2[C@@H](OC(C)=O)[C@](C)(O)C[C@]2(OC(C)=O)C(=O)[C@H](C)/C=C/C(C)(C)C(=O)[C@H](OC(C)=O)[C@H]1OC(=O)/C(C)=C/C. The van der Waals surface area contributed by atoms with Crippen molar-refractivity contribution in [2.45, 2.75) is 111 Å². The van der Waals surface area contributed by atoms with Crippen molar-refractivity contribution >= 4 is 41.4 Å². The first-order valence-electron chi connectivity index (χ1n) is 14.8. The van der Waals surface area contributed by atoms with E-state index in [0.717, 1.165) is 27.7 Å². The molecule has 0 radical (unpaired) electrons. The Morgan fingerprint density at radius 2 is 1.35 bits per heavy atom.